The lowest BCUT2D eigenvalue weighted by atomic mass is 10.2. The maximum Gasteiger partial charge on any atom is 0.375 e. The largest absolute Gasteiger partial charge is 0.375 e. The van der Waals surface area contributed by atoms with Crippen molar-refractivity contribution in [1.29, 1.82) is 0 Å². The van der Waals surface area contributed by atoms with E-state index in [0.29, 0.717) is 6.07 Å². The molecule has 1 aromatic rings. The Hall–Kier alpha value is -1.39. The summed E-state index contributed by atoms with van der Waals surface area (Å²) in [7, 11) is -4.37. The number of nitrogens with two attached hydrogens (primary N) is 1. The number of alkyl halides is 2. The van der Waals surface area contributed by atoms with E-state index in [2.05, 4.69) is 10.1 Å². The van der Waals surface area contributed by atoms with Crippen LogP contribution >= 0.6 is 11.6 Å². The zero-order valence-corrected chi connectivity index (χ0v) is 9.37. The molecule has 0 atom stereocenters. The molecule has 1 rings (SSSR count). The molecule has 0 aliphatic rings. The number of halogens is 3. The molecule has 0 radical (unpaired) electrons. The third kappa shape index (κ3) is 2.84. The zero-order valence-electron chi connectivity index (χ0n) is 7.80. The molecule has 2 N–H and O–H groups in total. The standard InChI is InChI=1S/C6H4ClF2N3O4S/c7-2-1-3(17(10,15)16)11-6(12(13)14)4(2)5(8)9/h1,5H,(H2,10,15,16). The van der Waals surface area contributed by atoms with Crippen LogP contribution < -0.4 is 5.14 Å². The SMILES string of the molecule is NS(=O)(=O)c1cc(Cl)c(C(F)F)c([N+](=O)[O-])n1. The second kappa shape index (κ2) is 4.47. The summed E-state index contributed by atoms with van der Waals surface area (Å²) >= 11 is 5.34. The van der Waals surface area contributed by atoms with Gasteiger partial charge in [0.15, 0.2) is 0 Å². The van der Waals surface area contributed by atoms with Crippen LogP contribution in [-0.4, -0.2) is 18.3 Å². The molecular weight excluding hydrogens is 284 g/mol. The number of hydrogen-bond acceptors (Lipinski definition) is 5. The Morgan fingerprint density at radius 3 is 2.41 bits per heavy atom. The number of hydrogen-bond donors (Lipinski definition) is 1. The molecule has 1 heterocycles. The van der Waals surface area contributed by atoms with Crippen LogP contribution in [0.3, 0.4) is 0 Å². The van der Waals surface area contributed by atoms with Gasteiger partial charge in [-0.3, -0.25) is 0 Å². The Labute approximate surface area is 98.4 Å². The highest BCUT2D eigenvalue weighted by Crippen LogP contribution is 2.34. The van der Waals surface area contributed by atoms with Gasteiger partial charge in [0.05, 0.1) is 5.02 Å². The molecule has 0 spiro atoms. The van der Waals surface area contributed by atoms with Crippen molar-refractivity contribution >= 4 is 27.4 Å². The van der Waals surface area contributed by atoms with Gasteiger partial charge >= 0.3 is 5.82 Å². The molecule has 1 aromatic heterocycles. The quantitative estimate of drug-likeness (QED) is 0.663. The first-order valence-electron chi connectivity index (χ1n) is 3.80. The second-order valence-corrected chi connectivity index (χ2v) is 4.70. The van der Waals surface area contributed by atoms with Gasteiger partial charge in [-0.25, -0.2) is 22.3 Å². The predicted molar refractivity (Wildman–Crippen MR) is 52.2 cm³/mol. The monoisotopic (exact) mass is 287 g/mol. The van der Waals surface area contributed by atoms with Crippen molar-refractivity contribution in [2.24, 2.45) is 5.14 Å². The Bertz CT molecular complexity index is 577. The lowest BCUT2D eigenvalue weighted by molar-refractivity contribution is -0.391. The summed E-state index contributed by atoms with van der Waals surface area (Å²) in [4.78, 5) is 12.2. The molecule has 7 nitrogen and oxygen atoms in total. The van der Waals surface area contributed by atoms with Crippen molar-refractivity contribution in [3.05, 3.63) is 26.8 Å². The maximum absolute atomic E-state index is 12.5. The highest BCUT2D eigenvalue weighted by Gasteiger charge is 2.31. The van der Waals surface area contributed by atoms with Crippen molar-refractivity contribution in [3.63, 3.8) is 0 Å². The van der Waals surface area contributed by atoms with E-state index < -0.39 is 42.8 Å². The van der Waals surface area contributed by atoms with E-state index >= 15 is 0 Å². The van der Waals surface area contributed by atoms with Crippen molar-refractivity contribution in [2.75, 3.05) is 0 Å². The van der Waals surface area contributed by atoms with Crippen molar-refractivity contribution in [2.45, 2.75) is 11.5 Å². The van der Waals surface area contributed by atoms with Gasteiger partial charge in [0.25, 0.3) is 21.5 Å². The molecule has 0 amide bonds. The zero-order chi connectivity index (χ0) is 13.4. The third-order valence-corrected chi connectivity index (χ3v) is 2.75. The third-order valence-electron chi connectivity index (χ3n) is 1.65. The molecule has 11 heteroatoms. The van der Waals surface area contributed by atoms with E-state index in [-0.39, 0.29) is 0 Å². The lowest BCUT2D eigenvalue weighted by Gasteiger charge is -2.04. The van der Waals surface area contributed by atoms with E-state index in [4.69, 9.17) is 11.6 Å². The minimum atomic E-state index is -4.37. The van der Waals surface area contributed by atoms with Gasteiger partial charge in [-0.05, 0) is 9.91 Å². The van der Waals surface area contributed by atoms with Crippen LogP contribution in [0.5, 0.6) is 0 Å². The van der Waals surface area contributed by atoms with E-state index in [9.17, 15) is 27.3 Å². The Balaban J connectivity index is 3.64. The fourth-order valence-electron chi connectivity index (χ4n) is 0.977. The summed E-state index contributed by atoms with van der Waals surface area (Å²) in [5.41, 5.74) is -1.15. The van der Waals surface area contributed by atoms with Gasteiger partial charge in [0.2, 0.25) is 0 Å². The molecule has 0 bridgehead atoms. The smallest absolute Gasteiger partial charge is 0.358 e. The Morgan fingerprint density at radius 2 is 2.06 bits per heavy atom. The van der Waals surface area contributed by atoms with E-state index in [1.165, 1.54) is 0 Å². The van der Waals surface area contributed by atoms with E-state index in [1.54, 1.807) is 0 Å². The first-order valence-corrected chi connectivity index (χ1v) is 5.72. The lowest BCUT2D eigenvalue weighted by Crippen LogP contribution is -2.15. The normalized spacial score (nSPS) is 11.8. The molecule has 0 aromatic carbocycles. The maximum atomic E-state index is 12.5. The molecular formula is C6H4ClF2N3O4S. The van der Waals surface area contributed by atoms with Crippen LogP contribution in [0.1, 0.15) is 12.0 Å². The molecule has 0 saturated carbocycles. The number of sulfonamides is 1. The number of nitro groups is 1. The van der Waals surface area contributed by atoms with Crippen LogP contribution in [0.2, 0.25) is 5.02 Å². The number of aromatic nitrogens is 1. The topological polar surface area (TPSA) is 116 Å². The first kappa shape index (κ1) is 13.7. The average molecular weight is 288 g/mol. The predicted octanol–water partition coefficient (Wildman–Crippen LogP) is 1.23. The van der Waals surface area contributed by atoms with Gasteiger partial charge in [-0.2, -0.15) is 0 Å². The summed E-state index contributed by atoms with van der Waals surface area (Å²) < 4.78 is 46.7. The van der Waals surface area contributed by atoms with Crippen LogP contribution in [0, 0.1) is 10.1 Å². The molecule has 0 fully saturated rings. The molecule has 0 aliphatic heterocycles. The summed E-state index contributed by atoms with van der Waals surface area (Å²) in [5, 5.41) is 13.4. The van der Waals surface area contributed by atoms with E-state index in [1.807, 2.05) is 0 Å². The summed E-state index contributed by atoms with van der Waals surface area (Å²) in [6.07, 6.45) is -3.26. The fraction of sp³-hybridized carbons (Fsp3) is 0.167. The number of pyridine rings is 1. The number of rotatable bonds is 3. The summed E-state index contributed by atoms with van der Waals surface area (Å²) in [6, 6.07) is 0.533. The summed E-state index contributed by atoms with van der Waals surface area (Å²) in [6.45, 7) is 0. The van der Waals surface area contributed by atoms with Gasteiger partial charge in [-0.15, -0.1) is 0 Å². The van der Waals surface area contributed by atoms with Gasteiger partial charge < -0.3 is 10.1 Å². The Morgan fingerprint density at radius 1 is 1.53 bits per heavy atom. The molecule has 0 unspecified atom stereocenters. The van der Waals surface area contributed by atoms with Gasteiger partial charge in [-0.1, -0.05) is 11.6 Å². The van der Waals surface area contributed by atoms with Crippen LogP contribution in [-0.2, 0) is 10.0 Å². The van der Waals surface area contributed by atoms with Gasteiger partial charge in [0.1, 0.15) is 5.56 Å². The minimum absolute atomic E-state index is 0.533. The molecule has 17 heavy (non-hydrogen) atoms. The Kier molecular flexibility index (Phi) is 3.59. The fourth-order valence-corrected chi connectivity index (χ4v) is 1.81. The van der Waals surface area contributed by atoms with Crippen molar-refractivity contribution in [3.8, 4) is 0 Å². The van der Waals surface area contributed by atoms with Gasteiger partial charge in [0, 0.05) is 6.07 Å². The average Bonchev–Trinajstić information content (AvgIpc) is 2.13. The number of primary sulfonamides is 1. The number of nitrogens with zero attached hydrogens (tertiary/aromatic N) is 2. The van der Waals surface area contributed by atoms with Crippen molar-refractivity contribution in [1.82, 2.24) is 4.98 Å². The molecule has 0 aliphatic carbocycles. The highest BCUT2D eigenvalue weighted by atomic mass is 35.5. The summed E-state index contributed by atoms with van der Waals surface area (Å²) in [5.74, 6) is -1.34. The second-order valence-electron chi connectivity index (χ2n) is 2.78. The molecule has 94 valence electrons. The van der Waals surface area contributed by atoms with Crippen LogP contribution in [0.4, 0.5) is 14.6 Å². The highest BCUT2D eigenvalue weighted by molar-refractivity contribution is 7.89. The minimum Gasteiger partial charge on any atom is -0.358 e. The van der Waals surface area contributed by atoms with Crippen LogP contribution in [0.25, 0.3) is 0 Å². The molecule has 0 saturated heterocycles. The first-order chi connectivity index (χ1) is 7.64. The van der Waals surface area contributed by atoms with Crippen molar-refractivity contribution < 1.29 is 22.1 Å². The van der Waals surface area contributed by atoms with Crippen LogP contribution in [0.15, 0.2) is 11.1 Å². The van der Waals surface area contributed by atoms with E-state index in [0.717, 1.165) is 0 Å².